The van der Waals surface area contributed by atoms with E-state index in [9.17, 15) is 14.4 Å². The van der Waals surface area contributed by atoms with Crippen molar-refractivity contribution in [3.05, 3.63) is 138 Å². The minimum absolute atomic E-state index is 0.453. The smallest absolute Gasteiger partial charge is 0.244 e. The Kier molecular flexibility index (Phi) is 5.93. The molecule has 1 fully saturated rings. The maximum Gasteiger partial charge on any atom is 0.244 e. The molecule has 3 amide bonds. The Morgan fingerprint density at radius 1 is 0.682 bits per heavy atom. The van der Waals surface area contributed by atoms with Gasteiger partial charge in [0.15, 0.2) is 0 Å². The Balaban J connectivity index is 1.03. The van der Waals surface area contributed by atoms with Crippen molar-refractivity contribution in [3.8, 4) is 11.5 Å². The van der Waals surface area contributed by atoms with E-state index >= 15 is 0 Å². The summed E-state index contributed by atoms with van der Waals surface area (Å²) >= 11 is 14.9. The van der Waals surface area contributed by atoms with Crippen LogP contribution in [-0.4, -0.2) is 29.2 Å². The molecule has 9 rings (SSSR count). The number of carbonyl (C=O) groups excluding carboxylic acids is 3. The first kappa shape index (κ1) is 26.9. The highest BCUT2D eigenvalue weighted by molar-refractivity contribution is 6.36. The average molecular weight is 620 g/mol. The Bertz CT molecular complexity index is 1900. The highest BCUT2D eigenvalue weighted by Gasteiger charge is 2.73. The number of nitrogens with zero attached hydrogens (tertiary/aromatic N) is 1. The van der Waals surface area contributed by atoms with Crippen molar-refractivity contribution in [2.75, 3.05) is 11.9 Å². The summed E-state index contributed by atoms with van der Waals surface area (Å²) in [4.78, 5) is 39.6. The topological polar surface area (TPSA) is 75.7 Å². The fourth-order valence-electron chi connectivity index (χ4n) is 7.24. The normalized spacial score (nSPS) is 24.5. The lowest BCUT2D eigenvalue weighted by atomic mass is 9.54. The standard InChI is InChI=1S/C36H24Cl2N2O4/c37-35-25-11-3-4-12-26(25)36(38,28-14-6-5-13-27(28)35)32-31(35)33(42)40(34(32)43)20-30(41)39-22-16-18-23(19-17-22)44-29-15-7-9-21-8-1-2-10-24(21)29/h1-19,31-32H,20H2,(H,39,41)/t31-,32-,35?,36?/m1/s1. The van der Waals surface area contributed by atoms with Gasteiger partial charge >= 0.3 is 0 Å². The van der Waals surface area contributed by atoms with Crippen molar-refractivity contribution in [1.82, 2.24) is 4.90 Å². The van der Waals surface area contributed by atoms with E-state index in [4.69, 9.17) is 27.9 Å². The van der Waals surface area contributed by atoms with Gasteiger partial charge in [-0.05, 0) is 58.0 Å². The maximum atomic E-state index is 14.0. The summed E-state index contributed by atoms with van der Waals surface area (Å²) in [7, 11) is 0. The molecule has 0 unspecified atom stereocenters. The van der Waals surface area contributed by atoms with Crippen LogP contribution in [0.15, 0.2) is 115 Å². The van der Waals surface area contributed by atoms with Crippen LogP contribution >= 0.6 is 23.2 Å². The van der Waals surface area contributed by atoms with E-state index in [-0.39, 0.29) is 0 Å². The van der Waals surface area contributed by atoms with Gasteiger partial charge in [-0.25, -0.2) is 0 Å². The number of ether oxygens (including phenoxy) is 1. The van der Waals surface area contributed by atoms with Crippen LogP contribution in [0.5, 0.6) is 11.5 Å². The van der Waals surface area contributed by atoms with Crippen LogP contribution in [0.1, 0.15) is 22.3 Å². The van der Waals surface area contributed by atoms with Crippen LogP contribution in [-0.2, 0) is 24.1 Å². The zero-order chi connectivity index (χ0) is 30.2. The van der Waals surface area contributed by atoms with E-state index in [0.29, 0.717) is 11.4 Å². The molecule has 5 aromatic carbocycles. The lowest BCUT2D eigenvalue weighted by Gasteiger charge is -2.54. The molecule has 5 aromatic rings. The van der Waals surface area contributed by atoms with E-state index in [1.165, 1.54) is 0 Å². The number of likely N-dealkylation sites (tertiary alicyclic amines) is 1. The molecule has 8 heteroatoms. The third-order valence-corrected chi connectivity index (χ3v) is 10.4. The number of benzene rings is 5. The van der Waals surface area contributed by atoms with Crippen LogP contribution in [0.3, 0.4) is 0 Å². The summed E-state index contributed by atoms with van der Waals surface area (Å²) in [5, 5.41) is 4.86. The van der Waals surface area contributed by atoms with Crippen LogP contribution in [0.25, 0.3) is 10.8 Å². The van der Waals surface area contributed by atoms with Gasteiger partial charge in [-0.2, -0.15) is 0 Å². The monoisotopic (exact) mass is 618 g/mol. The fourth-order valence-corrected chi connectivity index (χ4v) is 8.34. The van der Waals surface area contributed by atoms with Gasteiger partial charge < -0.3 is 10.1 Å². The molecule has 0 spiro atoms. The molecule has 3 aliphatic carbocycles. The number of hydrogen-bond donors (Lipinski definition) is 1. The summed E-state index contributed by atoms with van der Waals surface area (Å²) in [6.07, 6.45) is 0. The molecule has 1 saturated heterocycles. The first-order valence-corrected chi connectivity index (χ1v) is 15.1. The zero-order valence-corrected chi connectivity index (χ0v) is 24.7. The highest BCUT2D eigenvalue weighted by Crippen LogP contribution is 2.69. The van der Waals surface area contributed by atoms with E-state index in [1.807, 2.05) is 91.0 Å². The van der Waals surface area contributed by atoms with Crippen molar-refractivity contribution in [2.24, 2.45) is 11.8 Å². The second-order valence-corrected chi connectivity index (χ2v) is 12.6. The SMILES string of the molecule is O=C(CN1C(=O)[C@H]2[C@H](C1=O)C1(Cl)c3ccccc3C2(Cl)c2ccccc21)Nc1ccc(Oc2cccc3ccccc23)cc1. The predicted octanol–water partition coefficient (Wildman–Crippen LogP) is 7.16. The van der Waals surface area contributed by atoms with Gasteiger partial charge in [0.2, 0.25) is 17.7 Å². The number of fused-ring (bicyclic) bond motifs is 1. The first-order chi connectivity index (χ1) is 21.3. The Labute approximate surface area is 263 Å². The molecule has 1 aliphatic heterocycles. The number of alkyl halides is 2. The van der Waals surface area contributed by atoms with Gasteiger partial charge in [0.25, 0.3) is 0 Å². The minimum atomic E-state index is -1.29. The number of anilines is 1. The van der Waals surface area contributed by atoms with Crippen LogP contribution in [0.2, 0.25) is 0 Å². The first-order valence-electron chi connectivity index (χ1n) is 14.3. The van der Waals surface area contributed by atoms with Gasteiger partial charge in [-0.1, -0.05) is 84.9 Å². The number of imide groups is 1. The Morgan fingerprint density at radius 2 is 1.18 bits per heavy atom. The van der Waals surface area contributed by atoms with Gasteiger partial charge in [-0.3, -0.25) is 19.3 Å². The minimum Gasteiger partial charge on any atom is -0.457 e. The molecule has 1 N–H and O–H groups in total. The van der Waals surface area contributed by atoms with Crippen LogP contribution in [0.4, 0.5) is 5.69 Å². The summed E-state index contributed by atoms with van der Waals surface area (Å²) in [6.45, 7) is -0.453. The van der Waals surface area contributed by atoms with Crippen molar-refractivity contribution < 1.29 is 19.1 Å². The Morgan fingerprint density at radius 3 is 1.75 bits per heavy atom. The number of carbonyl (C=O) groups is 3. The molecule has 44 heavy (non-hydrogen) atoms. The number of hydrogen-bond acceptors (Lipinski definition) is 4. The number of rotatable bonds is 5. The van der Waals surface area contributed by atoms with Gasteiger partial charge in [0.1, 0.15) is 27.8 Å². The lowest BCUT2D eigenvalue weighted by Crippen LogP contribution is -2.57. The number of halogens is 2. The molecular formula is C36H24Cl2N2O4. The molecule has 2 atom stereocenters. The summed E-state index contributed by atoms with van der Waals surface area (Å²) in [5.74, 6) is -2.09. The van der Waals surface area contributed by atoms with E-state index < -0.39 is 45.9 Å². The van der Waals surface area contributed by atoms with Gasteiger partial charge in [-0.15, -0.1) is 23.2 Å². The van der Waals surface area contributed by atoms with E-state index in [1.54, 1.807) is 24.3 Å². The van der Waals surface area contributed by atoms with Crippen molar-refractivity contribution in [1.29, 1.82) is 0 Å². The molecule has 1 heterocycles. The lowest BCUT2D eigenvalue weighted by molar-refractivity contribution is -0.142. The maximum absolute atomic E-state index is 14.0. The summed E-state index contributed by atoms with van der Waals surface area (Å²) in [6, 6.07) is 35.6. The predicted molar refractivity (Wildman–Crippen MR) is 169 cm³/mol. The summed E-state index contributed by atoms with van der Waals surface area (Å²) < 4.78 is 6.10. The van der Waals surface area contributed by atoms with Crippen molar-refractivity contribution in [3.63, 3.8) is 0 Å². The summed E-state index contributed by atoms with van der Waals surface area (Å²) in [5.41, 5.74) is 3.37. The van der Waals surface area contributed by atoms with Gasteiger partial charge in [0.05, 0.1) is 11.8 Å². The van der Waals surface area contributed by atoms with E-state index in [0.717, 1.165) is 43.7 Å². The number of nitrogens with one attached hydrogen (secondary N) is 1. The van der Waals surface area contributed by atoms with Crippen molar-refractivity contribution in [2.45, 2.75) is 9.75 Å². The molecule has 216 valence electrons. The Hall–Kier alpha value is -4.65. The van der Waals surface area contributed by atoms with E-state index in [2.05, 4.69) is 5.32 Å². The number of amides is 3. The largest absolute Gasteiger partial charge is 0.457 e. The molecule has 6 nitrogen and oxygen atoms in total. The molecule has 0 aromatic heterocycles. The van der Waals surface area contributed by atoms with Crippen LogP contribution in [0, 0.1) is 11.8 Å². The van der Waals surface area contributed by atoms with Gasteiger partial charge in [0, 0.05) is 11.1 Å². The molecular weight excluding hydrogens is 595 g/mol. The molecule has 2 bridgehead atoms. The molecule has 4 aliphatic rings. The third kappa shape index (κ3) is 3.65. The average Bonchev–Trinajstić information content (AvgIpc) is 3.31. The highest BCUT2D eigenvalue weighted by atomic mass is 35.5. The van der Waals surface area contributed by atoms with Crippen LogP contribution < -0.4 is 10.1 Å². The zero-order valence-electron chi connectivity index (χ0n) is 23.2. The third-order valence-electron chi connectivity index (χ3n) is 9.09. The second kappa shape index (κ2) is 9.68. The second-order valence-electron chi connectivity index (χ2n) is 11.4. The quantitative estimate of drug-likeness (QED) is 0.167. The fraction of sp³-hybridized carbons (Fsp3) is 0.139. The molecule has 0 saturated carbocycles. The molecule has 0 radical (unpaired) electrons. The van der Waals surface area contributed by atoms with Crippen molar-refractivity contribution >= 4 is 57.4 Å².